The first-order valence-corrected chi connectivity index (χ1v) is 9.53. The van der Waals surface area contributed by atoms with Crippen LogP contribution >= 0.6 is 0 Å². The van der Waals surface area contributed by atoms with Crippen LogP contribution in [0.2, 0.25) is 0 Å². The summed E-state index contributed by atoms with van der Waals surface area (Å²) < 4.78 is 0. The van der Waals surface area contributed by atoms with E-state index in [0.29, 0.717) is 6.42 Å². The summed E-state index contributed by atoms with van der Waals surface area (Å²) in [5.41, 5.74) is 5.72. The molecule has 4 rings (SSSR count). The van der Waals surface area contributed by atoms with Crippen LogP contribution in [0.5, 0.6) is 0 Å². The quantitative estimate of drug-likeness (QED) is 0.442. The fourth-order valence-corrected chi connectivity index (χ4v) is 3.96. The number of non-ortho nitro benzene ring substituents is 1. The van der Waals surface area contributed by atoms with Crippen molar-refractivity contribution in [2.45, 2.75) is 11.8 Å². The van der Waals surface area contributed by atoms with Gasteiger partial charge in [0, 0.05) is 11.5 Å². The number of nitro groups is 2. The summed E-state index contributed by atoms with van der Waals surface area (Å²) >= 11 is 0. The predicted molar refractivity (Wildman–Crippen MR) is 113 cm³/mol. The minimum Gasteiger partial charge on any atom is -0.292 e. The first kappa shape index (κ1) is 20.0. The van der Waals surface area contributed by atoms with Crippen molar-refractivity contribution in [2.75, 3.05) is 5.43 Å². The average molecular weight is 418 g/mol. The smallest absolute Gasteiger partial charge is 0.292 e. The van der Waals surface area contributed by atoms with Gasteiger partial charge in [0.1, 0.15) is 5.69 Å². The van der Waals surface area contributed by atoms with Crippen molar-refractivity contribution in [2.24, 2.45) is 5.92 Å². The highest BCUT2D eigenvalue weighted by molar-refractivity contribution is 5.87. The Morgan fingerprint density at radius 1 is 0.871 bits per heavy atom. The Morgan fingerprint density at radius 3 is 1.97 bits per heavy atom. The number of carbonyl (C=O) groups is 1. The monoisotopic (exact) mass is 418 g/mol. The molecule has 0 saturated heterocycles. The molecule has 9 nitrogen and oxygen atoms in total. The number of amides is 1. The molecule has 0 aliphatic heterocycles. The lowest BCUT2D eigenvalue weighted by molar-refractivity contribution is -0.393. The summed E-state index contributed by atoms with van der Waals surface area (Å²) in [5, 5.41) is 22.2. The molecule has 1 fully saturated rings. The number of hydrazine groups is 1. The van der Waals surface area contributed by atoms with Gasteiger partial charge in [-0.05, 0) is 23.6 Å². The van der Waals surface area contributed by atoms with E-state index in [2.05, 4.69) is 10.9 Å². The molecule has 1 saturated carbocycles. The third kappa shape index (κ3) is 3.68. The maximum Gasteiger partial charge on any atom is 0.300 e. The minimum absolute atomic E-state index is 0.0328. The van der Waals surface area contributed by atoms with E-state index >= 15 is 0 Å². The second kappa shape index (κ2) is 7.86. The van der Waals surface area contributed by atoms with Crippen LogP contribution in [0.3, 0.4) is 0 Å². The number of nitro benzene ring substituents is 2. The highest BCUT2D eigenvalue weighted by Gasteiger charge is 2.60. The molecule has 1 aliphatic carbocycles. The van der Waals surface area contributed by atoms with Crippen molar-refractivity contribution in [3.05, 3.63) is 110 Å². The zero-order valence-electron chi connectivity index (χ0n) is 16.2. The number of rotatable bonds is 7. The molecule has 0 aromatic heterocycles. The highest BCUT2D eigenvalue weighted by atomic mass is 16.6. The SMILES string of the molecule is O=C(NNc1ccc([N+](=O)[O-])cc1[N+](=O)[O-])C1CC1(c1ccccc1)c1ccccc1. The normalized spacial score (nSPS) is 16.2. The summed E-state index contributed by atoms with van der Waals surface area (Å²) in [5.74, 6) is -0.692. The van der Waals surface area contributed by atoms with Gasteiger partial charge in [0.25, 0.3) is 5.69 Å². The van der Waals surface area contributed by atoms with Crippen molar-refractivity contribution in [3.8, 4) is 0 Å². The van der Waals surface area contributed by atoms with Crippen molar-refractivity contribution < 1.29 is 14.6 Å². The Hall–Kier alpha value is -4.27. The molecule has 0 heterocycles. The second-order valence-electron chi connectivity index (χ2n) is 7.29. The predicted octanol–water partition coefficient (Wildman–Crippen LogP) is 3.95. The lowest BCUT2D eigenvalue weighted by Crippen LogP contribution is -2.33. The van der Waals surface area contributed by atoms with Crippen molar-refractivity contribution in [3.63, 3.8) is 0 Å². The summed E-state index contributed by atoms with van der Waals surface area (Å²) in [6.07, 6.45) is 0.594. The zero-order valence-corrected chi connectivity index (χ0v) is 16.2. The largest absolute Gasteiger partial charge is 0.300 e. The molecule has 9 heteroatoms. The maximum absolute atomic E-state index is 12.9. The van der Waals surface area contributed by atoms with E-state index in [0.717, 1.165) is 23.3 Å². The molecule has 3 aromatic rings. The molecule has 0 spiro atoms. The highest BCUT2D eigenvalue weighted by Crippen LogP contribution is 2.58. The summed E-state index contributed by atoms with van der Waals surface area (Å²) in [4.78, 5) is 33.7. The number of hydrogen-bond acceptors (Lipinski definition) is 6. The first-order chi connectivity index (χ1) is 14.9. The van der Waals surface area contributed by atoms with Crippen LogP contribution in [-0.2, 0) is 10.2 Å². The Bertz CT molecular complexity index is 1110. The van der Waals surface area contributed by atoms with E-state index in [1.54, 1.807) is 0 Å². The van der Waals surface area contributed by atoms with Crippen LogP contribution in [0.1, 0.15) is 17.5 Å². The summed E-state index contributed by atoms with van der Waals surface area (Å²) in [7, 11) is 0. The third-order valence-corrected chi connectivity index (χ3v) is 5.56. The molecule has 1 unspecified atom stereocenters. The van der Waals surface area contributed by atoms with E-state index in [-0.39, 0.29) is 17.5 Å². The fourth-order valence-electron chi connectivity index (χ4n) is 3.96. The Labute approximate surface area is 177 Å². The van der Waals surface area contributed by atoms with Gasteiger partial charge in [0.2, 0.25) is 5.91 Å². The molecule has 1 atom stereocenters. The number of carbonyl (C=O) groups excluding carboxylic acids is 1. The number of anilines is 1. The van der Waals surface area contributed by atoms with Gasteiger partial charge < -0.3 is 0 Å². The lowest BCUT2D eigenvalue weighted by Gasteiger charge is -2.19. The van der Waals surface area contributed by atoms with E-state index in [1.165, 1.54) is 6.07 Å². The summed E-state index contributed by atoms with van der Waals surface area (Å²) in [6.45, 7) is 0. The van der Waals surface area contributed by atoms with Crippen LogP contribution in [0.25, 0.3) is 0 Å². The molecule has 1 amide bonds. The Morgan fingerprint density at radius 2 is 1.45 bits per heavy atom. The maximum atomic E-state index is 12.9. The van der Waals surface area contributed by atoms with Gasteiger partial charge in [-0.15, -0.1) is 0 Å². The van der Waals surface area contributed by atoms with Crippen LogP contribution < -0.4 is 10.9 Å². The molecule has 1 aliphatic rings. The van der Waals surface area contributed by atoms with E-state index in [4.69, 9.17) is 0 Å². The van der Waals surface area contributed by atoms with Gasteiger partial charge in [0.05, 0.1) is 21.8 Å². The van der Waals surface area contributed by atoms with Crippen LogP contribution in [0, 0.1) is 26.1 Å². The average Bonchev–Trinajstić information content (AvgIpc) is 3.55. The second-order valence-corrected chi connectivity index (χ2v) is 7.29. The number of benzene rings is 3. The molecule has 0 radical (unpaired) electrons. The third-order valence-electron chi connectivity index (χ3n) is 5.56. The van der Waals surface area contributed by atoms with Crippen molar-refractivity contribution >= 4 is 23.0 Å². The van der Waals surface area contributed by atoms with Gasteiger partial charge in [0.15, 0.2) is 0 Å². The van der Waals surface area contributed by atoms with E-state index in [1.807, 2.05) is 60.7 Å². The number of nitrogens with one attached hydrogen (secondary N) is 2. The Balaban J connectivity index is 1.56. The van der Waals surface area contributed by atoms with Crippen LogP contribution in [0.4, 0.5) is 17.1 Å². The van der Waals surface area contributed by atoms with Gasteiger partial charge in [-0.1, -0.05) is 60.7 Å². The van der Waals surface area contributed by atoms with E-state index in [9.17, 15) is 25.0 Å². The van der Waals surface area contributed by atoms with Crippen molar-refractivity contribution in [1.29, 1.82) is 0 Å². The van der Waals surface area contributed by atoms with Gasteiger partial charge >= 0.3 is 5.69 Å². The number of nitrogens with zero attached hydrogens (tertiary/aromatic N) is 2. The topological polar surface area (TPSA) is 127 Å². The van der Waals surface area contributed by atoms with Crippen LogP contribution in [0.15, 0.2) is 78.9 Å². The first-order valence-electron chi connectivity index (χ1n) is 9.53. The molecular weight excluding hydrogens is 400 g/mol. The molecule has 2 N–H and O–H groups in total. The Kier molecular flexibility index (Phi) is 5.08. The summed E-state index contributed by atoms with van der Waals surface area (Å²) in [6, 6.07) is 22.6. The minimum atomic E-state index is -0.739. The van der Waals surface area contributed by atoms with Gasteiger partial charge in [-0.3, -0.25) is 35.9 Å². The van der Waals surface area contributed by atoms with Crippen LogP contribution in [-0.4, -0.2) is 15.8 Å². The zero-order chi connectivity index (χ0) is 22.0. The lowest BCUT2D eigenvalue weighted by atomic mass is 9.85. The number of hydrogen-bond donors (Lipinski definition) is 2. The molecule has 0 bridgehead atoms. The van der Waals surface area contributed by atoms with E-state index < -0.39 is 26.6 Å². The van der Waals surface area contributed by atoms with Crippen molar-refractivity contribution in [1.82, 2.24) is 5.43 Å². The molecular formula is C22H18N4O5. The molecule has 31 heavy (non-hydrogen) atoms. The fraction of sp³-hybridized carbons (Fsp3) is 0.136. The van der Waals surface area contributed by atoms with Gasteiger partial charge in [-0.2, -0.15) is 0 Å². The van der Waals surface area contributed by atoms with Gasteiger partial charge in [-0.25, -0.2) is 0 Å². The molecule has 156 valence electrons. The standard InChI is InChI=1S/C22H18N4O5/c27-21(24-23-19-12-11-17(25(28)29)13-20(19)26(30)31)18-14-22(18,15-7-3-1-4-8-15)16-9-5-2-6-10-16/h1-13,18,23H,14H2,(H,24,27). The molecule has 3 aromatic carbocycles.